The van der Waals surface area contributed by atoms with Crippen LogP contribution in [0.25, 0.3) is 0 Å². The number of nitrogens with one attached hydrogen (secondary N) is 1. The lowest BCUT2D eigenvalue weighted by molar-refractivity contribution is -0.141. The Morgan fingerprint density at radius 2 is 1.85 bits per heavy atom. The first-order valence-electron chi connectivity index (χ1n) is 12.8. The van der Waals surface area contributed by atoms with E-state index in [-0.39, 0.29) is 35.3 Å². The average molecular weight is 583 g/mol. The summed E-state index contributed by atoms with van der Waals surface area (Å²) in [6, 6.07) is 16.3. The van der Waals surface area contributed by atoms with E-state index >= 15 is 0 Å². The number of ether oxygens (including phenoxy) is 1. The van der Waals surface area contributed by atoms with Crippen molar-refractivity contribution in [3.63, 3.8) is 0 Å². The summed E-state index contributed by atoms with van der Waals surface area (Å²) in [4.78, 5) is 46.1. The third-order valence-corrected chi connectivity index (χ3v) is 9.02. The number of carbonyl (C=O) groups is 3. The molecule has 1 N–H and O–H groups in total. The van der Waals surface area contributed by atoms with E-state index in [1.165, 1.54) is 29.3 Å². The molecule has 0 saturated carbocycles. The van der Waals surface area contributed by atoms with Crippen LogP contribution in [0, 0.1) is 0 Å². The quantitative estimate of drug-likeness (QED) is 0.411. The molecule has 1 fully saturated rings. The smallest absolute Gasteiger partial charge is 0.269 e. The Labute approximate surface area is 236 Å². The lowest BCUT2D eigenvalue weighted by Crippen LogP contribution is -2.49. The molecule has 2 aliphatic rings. The van der Waals surface area contributed by atoms with Crippen molar-refractivity contribution >= 4 is 39.3 Å². The first kappa shape index (κ1) is 27.8. The molecule has 3 heterocycles. The van der Waals surface area contributed by atoms with Gasteiger partial charge >= 0.3 is 0 Å². The molecular formula is C28H27ClN4O6S. The minimum absolute atomic E-state index is 0.0106. The second kappa shape index (κ2) is 11.7. The molecular weight excluding hydrogens is 556 g/mol. The van der Waals surface area contributed by atoms with Crippen LogP contribution in [0.15, 0.2) is 77.8 Å². The second-order valence-corrected chi connectivity index (χ2v) is 11.7. The van der Waals surface area contributed by atoms with Gasteiger partial charge in [0.2, 0.25) is 11.8 Å². The molecule has 1 saturated heterocycles. The monoisotopic (exact) mass is 582 g/mol. The molecule has 0 unspecified atom stereocenters. The largest absolute Gasteiger partial charge is 0.376 e. The third-order valence-electron chi connectivity index (χ3n) is 6.87. The lowest BCUT2D eigenvalue weighted by atomic mass is 10.1. The number of sulfonamides is 1. The maximum atomic E-state index is 14.0. The van der Waals surface area contributed by atoms with Gasteiger partial charge in [0, 0.05) is 30.9 Å². The average Bonchev–Trinajstić information content (AvgIpc) is 3.55. The molecule has 2 aromatic carbocycles. The highest BCUT2D eigenvalue weighted by Gasteiger charge is 2.44. The molecule has 10 nitrogen and oxygen atoms in total. The third kappa shape index (κ3) is 5.58. The summed E-state index contributed by atoms with van der Waals surface area (Å²) >= 11 is 6.42. The highest BCUT2D eigenvalue weighted by Crippen LogP contribution is 2.31. The molecule has 0 bridgehead atoms. The molecule has 12 heteroatoms. The summed E-state index contributed by atoms with van der Waals surface area (Å²) in [5, 5.41) is 3.22. The molecule has 0 aliphatic carbocycles. The normalized spacial score (nSPS) is 18.3. The summed E-state index contributed by atoms with van der Waals surface area (Å²) in [6.07, 6.45) is 3.04. The molecule has 208 valence electrons. The van der Waals surface area contributed by atoms with Gasteiger partial charge < -0.3 is 15.0 Å². The Hall–Kier alpha value is -3.80. The van der Waals surface area contributed by atoms with E-state index in [1.54, 1.807) is 48.5 Å². The molecule has 2 aliphatic heterocycles. The lowest BCUT2D eigenvalue weighted by Gasteiger charge is -2.32. The number of amides is 3. The highest BCUT2D eigenvalue weighted by molar-refractivity contribution is 7.90. The number of aromatic nitrogens is 1. The zero-order chi connectivity index (χ0) is 28.3. The van der Waals surface area contributed by atoms with Crippen LogP contribution in [0.4, 0.5) is 0 Å². The van der Waals surface area contributed by atoms with Gasteiger partial charge in [-0.25, -0.2) is 12.7 Å². The van der Waals surface area contributed by atoms with Crippen LogP contribution in [0.3, 0.4) is 0 Å². The van der Waals surface area contributed by atoms with Gasteiger partial charge in [0.1, 0.15) is 11.4 Å². The first-order chi connectivity index (χ1) is 19.3. The van der Waals surface area contributed by atoms with Gasteiger partial charge in [0.15, 0.2) is 6.04 Å². The number of halogens is 1. The van der Waals surface area contributed by atoms with E-state index in [0.717, 1.165) is 12.8 Å². The predicted molar refractivity (Wildman–Crippen MR) is 146 cm³/mol. The van der Waals surface area contributed by atoms with Crippen molar-refractivity contribution in [2.24, 2.45) is 0 Å². The van der Waals surface area contributed by atoms with Crippen molar-refractivity contribution in [2.75, 3.05) is 19.7 Å². The summed E-state index contributed by atoms with van der Waals surface area (Å²) in [5.41, 5.74) is 0.791. The number of pyridine rings is 1. The van der Waals surface area contributed by atoms with Crippen molar-refractivity contribution in [1.29, 1.82) is 0 Å². The maximum Gasteiger partial charge on any atom is 0.269 e. The van der Waals surface area contributed by atoms with Crippen LogP contribution < -0.4 is 5.32 Å². The Balaban J connectivity index is 1.50. The zero-order valence-electron chi connectivity index (χ0n) is 21.4. The van der Waals surface area contributed by atoms with Crippen molar-refractivity contribution < 1.29 is 27.5 Å². The van der Waals surface area contributed by atoms with Crippen molar-refractivity contribution in [3.8, 4) is 0 Å². The van der Waals surface area contributed by atoms with Crippen LogP contribution in [0.5, 0.6) is 0 Å². The summed E-state index contributed by atoms with van der Waals surface area (Å²) in [5.74, 6) is -2.10. The molecule has 3 aromatic rings. The van der Waals surface area contributed by atoms with Gasteiger partial charge in [-0.3, -0.25) is 19.4 Å². The van der Waals surface area contributed by atoms with Crippen molar-refractivity contribution in [1.82, 2.24) is 19.5 Å². The van der Waals surface area contributed by atoms with Gasteiger partial charge in [-0.2, -0.15) is 0 Å². The zero-order valence-corrected chi connectivity index (χ0v) is 23.0. The number of rotatable bonds is 9. The number of nitrogens with zero attached hydrogens (tertiary/aromatic N) is 3. The van der Waals surface area contributed by atoms with E-state index in [4.69, 9.17) is 16.3 Å². The van der Waals surface area contributed by atoms with Gasteiger partial charge in [0.25, 0.3) is 15.9 Å². The molecule has 1 aromatic heterocycles. The van der Waals surface area contributed by atoms with Gasteiger partial charge in [-0.15, -0.1) is 0 Å². The minimum atomic E-state index is -4.26. The maximum absolute atomic E-state index is 14.0. The van der Waals surface area contributed by atoms with E-state index < -0.39 is 40.3 Å². The molecule has 5 rings (SSSR count). The van der Waals surface area contributed by atoms with E-state index in [9.17, 15) is 22.8 Å². The SMILES string of the molecule is O=C(NC[C@@H]1CCCO1)[C@H](c1ccccn1)N(Cc1ccccc1Cl)C(=O)CN1C(=O)c2ccccc2S1(=O)=O. The fourth-order valence-corrected chi connectivity index (χ4v) is 6.54. The van der Waals surface area contributed by atoms with Crippen LogP contribution in [0.1, 0.15) is 40.5 Å². The molecule has 3 amide bonds. The predicted octanol–water partition coefficient (Wildman–Crippen LogP) is 2.94. The van der Waals surface area contributed by atoms with Crippen LogP contribution in [-0.4, -0.2) is 66.1 Å². The summed E-state index contributed by atoms with van der Waals surface area (Å²) in [7, 11) is -4.26. The van der Waals surface area contributed by atoms with Gasteiger partial charge in [-0.1, -0.05) is 48.0 Å². The van der Waals surface area contributed by atoms with Crippen molar-refractivity contribution in [2.45, 2.75) is 36.4 Å². The topological polar surface area (TPSA) is 126 Å². The Bertz CT molecular complexity index is 1530. The Kier molecular flexibility index (Phi) is 8.15. The second-order valence-electron chi connectivity index (χ2n) is 9.46. The van der Waals surface area contributed by atoms with E-state index in [2.05, 4.69) is 10.3 Å². The van der Waals surface area contributed by atoms with Gasteiger partial charge in [0.05, 0.1) is 17.4 Å². The fraction of sp³-hybridized carbons (Fsp3) is 0.286. The number of benzene rings is 2. The number of hydrogen-bond donors (Lipinski definition) is 1. The summed E-state index contributed by atoms with van der Waals surface area (Å²) in [6.45, 7) is -0.0859. The molecule has 2 atom stereocenters. The van der Waals surface area contributed by atoms with Crippen molar-refractivity contribution in [3.05, 3.63) is 94.8 Å². The van der Waals surface area contributed by atoms with Crippen LogP contribution >= 0.6 is 11.6 Å². The Morgan fingerprint density at radius 1 is 1.10 bits per heavy atom. The van der Waals surface area contributed by atoms with E-state index in [1.807, 2.05) is 0 Å². The molecule has 0 radical (unpaired) electrons. The highest BCUT2D eigenvalue weighted by atomic mass is 35.5. The van der Waals surface area contributed by atoms with E-state index in [0.29, 0.717) is 21.5 Å². The van der Waals surface area contributed by atoms with Crippen LogP contribution in [-0.2, 0) is 30.9 Å². The number of fused-ring (bicyclic) bond motifs is 1. The van der Waals surface area contributed by atoms with Gasteiger partial charge in [-0.05, 0) is 48.7 Å². The number of carbonyl (C=O) groups excluding carboxylic acids is 3. The fourth-order valence-electron chi connectivity index (χ4n) is 4.82. The van der Waals surface area contributed by atoms with Crippen LogP contribution in [0.2, 0.25) is 5.02 Å². The molecule has 40 heavy (non-hydrogen) atoms. The Morgan fingerprint density at radius 3 is 2.55 bits per heavy atom. The first-order valence-corrected chi connectivity index (χ1v) is 14.6. The molecule has 0 spiro atoms. The number of hydrogen-bond acceptors (Lipinski definition) is 7. The summed E-state index contributed by atoms with van der Waals surface area (Å²) < 4.78 is 32.6. The minimum Gasteiger partial charge on any atom is -0.376 e. The standard InChI is InChI=1S/C28H27ClN4O6S/c29-22-11-3-1-8-19(22)17-32(25(34)18-33-28(36)21-10-2-4-13-24(21)40(33,37)38)26(23-12-5-6-14-30-23)27(35)31-16-20-9-7-15-39-20/h1-6,8,10-14,20,26H,7,9,15-18H2,(H,31,35)/t20-,26-/m0/s1.